The van der Waals surface area contributed by atoms with Gasteiger partial charge in [0, 0.05) is 16.6 Å². The van der Waals surface area contributed by atoms with Crippen molar-refractivity contribution in [1.29, 1.82) is 0 Å². The van der Waals surface area contributed by atoms with Gasteiger partial charge in [-0.3, -0.25) is 4.79 Å². The van der Waals surface area contributed by atoms with E-state index in [1.54, 1.807) is 11.3 Å². The maximum absolute atomic E-state index is 11.9. The van der Waals surface area contributed by atoms with Crippen LogP contribution in [0.4, 0.5) is 0 Å². The van der Waals surface area contributed by atoms with Crippen molar-refractivity contribution in [2.75, 3.05) is 26.4 Å². The van der Waals surface area contributed by atoms with E-state index in [9.17, 15) is 4.79 Å². The van der Waals surface area contributed by atoms with Gasteiger partial charge in [0.1, 0.15) is 28.9 Å². The quantitative estimate of drug-likeness (QED) is 0.508. The van der Waals surface area contributed by atoms with Crippen LogP contribution in [0, 0.1) is 6.92 Å². The molecular formula is C22H24N2O4S. The number of hydrogen-bond acceptors (Lipinski definition) is 6. The van der Waals surface area contributed by atoms with Crippen molar-refractivity contribution in [3.63, 3.8) is 0 Å². The first-order chi connectivity index (χ1) is 14.1. The molecule has 29 heavy (non-hydrogen) atoms. The van der Waals surface area contributed by atoms with Crippen molar-refractivity contribution in [2.45, 2.75) is 13.8 Å². The van der Waals surface area contributed by atoms with Crippen LogP contribution in [0.3, 0.4) is 0 Å². The molecule has 3 aromatic rings. The Hall–Kier alpha value is -3.06. The second-order valence-electron chi connectivity index (χ2n) is 6.21. The monoisotopic (exact) mass is 412 g/mol. The standard InChI is InChI=1S/C22H24N2O4S/c1-3-26-18-8-10-19(11-9-18)27-13-12-23-21(25)14-28-20-6-4-17(5-7-20)22-24-16(2)15-29-22/h4-11,15H,3,12-14H2,1-2H3,(H,23,25). The summed E-state index contributed by atoms with van der Waals surface area (Å²) in [6.07, 6.45) is 0. The highest BCUT2D eigenvalue weighted by molar-refractivity contribution is 7.13. The molecule has 0 fully saturated rings. The van der Waals surface area contributed by atoms with Crippen LogP contribution in [0.5, 0.6) is 17.2 Å². The smallest absolute Gasteiger partial charge is 0.258 e. The van der Waals surface area contributed by atoms with E-state index in [1.165, 1.54) is 0 Å². The minimum absolute atomic E-state index is 0.0429. The zero-order valence-electron chi connectivity index (χ0n) is 16.5. The van der Waals surface area contributed by atoms with Gasteiger partial charge in [0.25, 0.3) is 5.91 Å². The molecule has 0 radical (unpaired) electrons. The van der Waals surface area contributed by atoms with Crippen molar-refractivity contribution < 1.29 is 19.0 Å². The van der Waals surface area contributed by atoms with Crippen LogP contribution in [0.25, 0.3) is 10.6 Å². The molecule has 2 aromatic carbocycles. The Morgan fingerprint density at radius 1 is 0.966 bits per heavy atom. The number of nitrogens with zero attached hydrogens (tertiary/aromatic N) is 1. The third kappa shape index (κ3) is 6.50. The lowest BCUT2D eigenvalue weighted by Gasteiger charge is -2.10. The van der Waals surface area contributed by atoms with E-state index in [4.69, 9.17) is 14.2 Å². The first-order valence-corrected chi connectivity index (χ1v) is 10.3. The topological polar surface area (TPSA) is 69.7 Å². The minimum atomic E-state index is -0.195. The highest BCUT2D eigenvalue weighted by Crippen LogP contribution is 2.25. The fourth-order valence-electron chi connectivity index (χ4n) is 2.54. The van der Waals surface area contributed by atoms with Gasteiger partial charge in [-0.2, -0.15) is 0 Å². The summed E-state index contributed by atoms with van der Waals surface area (Å²) in [7, 11) is 0. The Kier molecular flexibility index (Phi) is 7.47. The lowest BCUT2D eigenvalue weighted by atomic mass is 10.2. The number of rotatable bonds is 10. The van der Waals surface area contributed by atoms with E-state index < -0.39 is 0 Å². The van der Waals surface area contributed by atoms with Crippen molar-refractivity contribution in [2.24, 2.45) is 0 Å². The molecule has 1 aromatic heterocycles. The normalized spacial score (nSPS) is 10.4. The molecule has 0 unspecified atom stereocenters. The Labute approximate surface area is 174 Å². The van der Waals surface area contributed by atoms with Gasteiger partial charge < -0.3 is 19.5 Å². The molecule has 0 saturated carbocycles. The molecular weight excluding hydrogens is 388 g/mol. The first-order valence-electron chi connectivity index (χ1n) is 9.42. The lowest BCUT2D eigenvalue weighted by Crippen LogP contribution is -2.32. The van der Waals surface area contributed by atoms with Gasteiger partial charge in [-0.25, -0.2) is 4.98 Å². The molecule has 0 aliphatic rings. The summed E-state index contributed by atoms with van der Waals surface area (Å²) < 4.78 is 16.5. The van der Waals surface area contributed by atoms with Crippen LogP contribution in [0.1, 0.15) is 12.6 Å². The first kappa shape index (κ1) is 20.7. The largest absolute Gasteiger partial charge is 0.494 e. The Morgan fingerprint density at radius 2 is 1.59 bits per heavy atom. The van der Waals surface area contributed by atoms with Crippen LogP contribution < -0.4 is 19.5 Å². The van der Waals surface area contributed by atoms with Crippen LogP contribution >= 0.6 is 11.3 Å². The Morgan fingerprint density at radius 3 is 2.21 bits per heavy atom. The van der Waals surface area contributed by atoms with Gasteiger partial charge in [-0.05, 0) is 62.4 Å². The summed E-state index contributed by atoms with van der Waals surface area (Å²) in [5.74, 6) is 1.98. The molecule has 0 spiro atoms. The summed E-state index contributed by atoms with van der Waals surface area (Å²) in [5.41, 5.74) is 2.04. The zero-order valence-corrected chi connectivity index (χ0v) is 17.3. The molecule has 0 aliphatic carbocycles. The summed E-state index contributed by atoms with van der Waals surface area (Å²) >= 11 is 1.60. The van der Waals surface area contributed by atoms with Crippen molar-refractivity contribution >= 4 is 17.2 Å². The van der Waals surface area contributed by atoms with E-state index in [0.29, 0.717) is 25.5 Å². The lowest BCUT2D eigenvalue weighted by molar-refractivity contribution is -0.123. The van der Waals surface area contributed by atoms with Gasteiger partial charge in [0.05, 0.1) is 13.2 Å². The zero-order chi connectivity index (χ0) is 20.5. The number of aromatic nitrogens is 1. The number of amides is 1. The minimum Gasteiger partial charge on any atom is -0.494 e. The number of carbonyl (C=O) groups excluding carboxylic acids is 1. The van der Waals surface area contributed by atoms with E-state index in [-0.39, 0.29) is 12.5 Å². The van der Waals surface area contributed by atoms with Crippen molar-refractivity contribution in [1.82, 2.24) is 10.3 Å². The maximum Gasteiger partial charge on any atom is 0.258 e. The fraction of sp³-hybridized carbons (Fsp3) is 0.273. The number of benzene rings is 2. The van der Waals surface area contributed by atoms with Crippen LogP contribution in [-0.2, 0) is 4.79 Å². The average molecular weight is 413 g/mol. The van der Waals surface area contributed by atoms with Crippen LogP contribution in [-0.4, -0.2) is 37.3 Å². The third-order valence-corrected chi connectivity index (χ3v) is 4.93. The maximum atomic E-state index is 11.9. The predicted molar refractivity (Wildman–Crippen MR) is 114 cm³/mol. The summed E-state index contributed by atoms with van der Waals surface area (Å²) in [6.45, 7) is 5.27. The predicted octanol–water partition coefficient (Wildman–Crippen LogP) is 4.09. The van der Waals surface area contributed by atoms with Crippen molar-refractivity contribution in [3.8, 4) is 27.8 Å². The Balaban J connectivity index is 1.34. The van der Waals surface area contributed by atoms with E-state index in [0.717, 1.165) is 27.8 Å². The number of ether oxygens (including phenoxy) is 3. The van der Waals surface area contributed by atoms with E-state index in [1.807, 2.05) is 67.8 Å². The molecule has 6 nitrogen and oxygen atoms in total. The van der Waals surface area contributed by atoms with Gasteiger partial charge in [0.2, 0.25) is 0 Å². The second-order valence-corrected chi connectivity index (χ2v) is 7.07. The number of thiazole rings is 1. The molecule has 152 valence electrons. The highest BCUT2D eigenvalue weighted by atomic mass is 32.1. The SMILES string of the molecule is CCOc1ccc(OCCNC(=O)COc2ccc(-c3nc(C)cs3)cc2)cc1. The fourth-order valence-corrected chi connectivity index (χ4v) is 3.34. The molecule has 0 atom stereocenters. The van der Waals surface area contributed by atoms with Gasteiger partial charge in [-0.15, -0.1) is 11.3 Å². The number of aryl methyl sites for hydroxylation is 1. The molecule has 1 amide bonds. The summed E-state index contributed by atoms with van der Waals surface area (Å²) in [4.78, 5) is 16.4. The number of carbonyl (C=O) groups is 1. The van der Waals surface area contributed by atoms with Crippen molar-refractivity contribution in [3.05, 3.63) is 59.6 Å². The Bertz CT molecular complexity index is 907. The molecule has 0 bridgehead atoms. The number of nitrogens with one attached hydrogen (secondary N) is 1. The molecule has 1 N–H and O–H groups in total. The second kappa shape index (κ2) is 10.5. The summed E-state index contributed by atoms with van der Waals surface area (Å²) in [6, 6.07) is 15.0. The molecule has 0 aliphatic heterocycles. The van der Waals surface area contributed by atoms with Crippen LogP contribution in [0.2, 0.25) is 0 Å². The van der Waals surface area contributed by atoms with Gasteiger partial charge in [-0.1, -0.05) is 0 Å². The summed E-state index contributed by atoms with van der Waals surface area (Å²) in [5, 5.41) is 5.76. The molecule has 3 rings (SSSR count). The van der Waals surface area contributed by atoms with E-state index in [2.05, 4.69) is 10.3 Å². The van der Waals surface area contributed by atoms with Gasteiger partial charge >= 0.3 is 0 Å². The van der Waals surface area contributed by atoms with Crippen LogP contribution in [0.15, 0.2) is 53.9 Å². The molecule has 1 heterocycles. The molecule has 7 heteroatoms. The molecule has 0 saturated heterocycles. The third-order valence-electron chi connectivity index (χ3n) is 3.92. The van der Waals surface area contributed by atoms with Gasteiger partial charge in [0.15, 0.2) is 6.61 Å². The average Bonchev–Trinajstić information content (AvgIpc) is 3.18. The number of hydrogen-bond donors (Lipinski definition) is 1. The highest BCUT2D eigenvalue weighted by Gasteiger charge is 2.05. The van der Waals surface area contributed by atoms with E-state index >= 15 is 0 Å².